The Morgan fingerprint density at radius 3 is 2.69 bits per heavy atom. The lowest BCUT2D eigenvalue weighted by atomic mass is 9.98. The van der Waals surface area contributed by atoms with E-state index >= 15 is 0 Å². The van der Waals surface area contributed by atoms with Crippen molar-refractivity contribution in [2.75, 3.05) is 13.7 Å². The third kappa shape index (κ3) is 3.52. The van der Waals surface area contributed by atoms with Crippen LogP contribution in [0.5, 0.6) is 11.8 Å². The molecule has 1 unspecified atom stereocenters. The molecule has 1 fully saturated rings. The fraction of sp³-hybridized carbons (Fsp3) is 0.217. The molecule has 9 heteroatoms. The van der Waals surface area contributed by atoms with Gasteiger partial charge in [-0.25, -0.2) is 0 Å². The zero-order valence-electron chi connectivity index (χ0n) is 17.0. The van der Waals surface area contributed by atoms with Crippen molar-refractivity contribution in [3.05, 3.63) is 64.4 Å². The molecule has 0 spiro atoms. The van der Waals surface area contributed by atoms with Crippen LogP contribution >= 0.6 is 11.6 Å². The number of carbonyl (C=O) groups is 1. The van der Waals surface area contributed by atoms with Crippen LogP contribution in [0.15, 0.2) is 47.0 Å². The van der Waals surface area contributed by atoms with Gasteiger partial charge < -0.3 is 29.2 Å². The van der Waals surface area contributed by atoms with Gasteiger partial charge in [-0.1, -0.05) is 35.9 Å². The van der Waals surface area contributed by atoms with Gasteiger partial charge in [0.25, 0.3) is 5.88 Å². The van der Waals surface area contributed by atoms with E-state index in [1.165, 1.54) is 13.2 Å². The molecule has 4 aromatic rings. The van der Waals surface area contributed by atoms with E-state index in [2.05, 4.69) is 10.1 Å². The van der Waals surface area contributed by atoms with Crippen molar-refractivity contribution in [3.8, 4) is 22.9 Å². The molecule has 0 bridgehead atoms. The Balaban J connectivity index is 1.54. The van der Waals surface area contributed by atoms with E-state index in [4.69, 9.17) is 25.6 Å². The molecule has 8 nitrogen and oxygen atoms in total. The monoisotopic (exact) mass is 454 g/mol. The van der Waals surface area contributed by atoms with Gasteiger partial charge in [-0.05, 0) is 28.4 Å². The van der Waals surface area contributed by atoms with E-state index < -0.39 is 11.9 Å². The average molecular weight is 455 g/mol. The molecule has 32 heavy (non-hydrogen) atoms. The highest BCUT2D eigenvalue weighted by Gasteiger charge is 2.26. The number of carbonyl (C=O) groups excluding carboxylic acids is 1. The number of H-pyrrole nitrogens is 1. The number of hydrogen-bond donors (Lipinski definition) is 3. The van der Waals surface area contributed by atoms with E-state index in [1.54, 1.807) is 12.1 Å². The van der Waals surface area contributed by atoms with Crippen LogP contribution in [0, 0.1) is 0 Å². The number of aliphatic hydroxyl groups is 1. The molecule has 1 saturated heterocycles. The highest BCUT2D eigenvalue weighted by Crippen LogP contribution is 2.38. The summed E-state index contributed by atoms with van der Waals surface area (Å²) in [6.07, 6.45) is -0.0214. The maximum Gasteiger partial charge on any atom is 0.254 e. The van der Waals surface area contributed by atoms with Crippen molar-refractivity contribution in [2.45, 2.75) is 18.6 Å². The van der Waals surface area contributed by atoms with E-state index in [-0.39, 0.29) is 29.2 Å². The molecule has 0 amide bonds. The molecule has 2 aromatic heterocycles. The Kier molecular flexibility index (Phi) is 5.13. The van der Waals surface area contributed by atoms with Crippen LogP contribution in [0.1, 0.15) is 34.2 Å². The van der Waals surface area contributed by atoms with E-state index in [9.17, 15) is 15.0 Å². The summed E-state index contributed by atoms with van der Waals surface area (Å²) >= 11 is 6.51. The summed E-state index contributed by atoms with van der Waals surface area (Å²) in [5.41, 5.74) is 3.07. The number of aromatic amines is 1. The Hall–Kier alpha value is -3.33. The third-order valence-corrected chi connectivity index (χ3v) is 5.90. The van der Waals surface area contributed by atoms with Crippen LogP contribution in [0.3, 0.4) is 0 Å². The number of ketones is 1. The normalized spacial score (nSPS) is 18.3. The number of halogens is 1. The number of fused-ring (bicyclic) bond motifs is 1. The number of ether oxygens (including phenoxy) is 2. The maximum atomic E-state index is 13.0. The van der Waals surface area contributed by atoms with Crippen molar-refractivity contribution >= 4 is 28.3 Å². The lowest BCUT2D eigenvalue weighted by molar-refractivity contribution is 0.0888. The summed E-state index contributed by atoms with van der Waals surface area (Å²) in [7, 11) is 1.41. The second kappa shape index (κ2) is 7.98. The van der Waals surface area contributed by atoms with Crippen molar-refractivity contribution in [1.82, 2.24) is 10.1 Å². The topological polar surface area (TPSA) is 118 Å². The lowest BCUT2D eigenvalue weighted by Crippen LogP contribution is -2.02. The molecule has 0 aliphatic carbocycles. The summed E-state index contributed by atoms with van der Waals surface area (Å²) in [5.74, 6) is -0.723. The minimum atomic E-state index is -0.537. The molecule has 3 N–H and O–H groups in total. The number of rotatable bonds is 5. The number of aromatic nitrogens is 2. The predicted molar refractivity (Wildman–Crippen MR) is 116 cm³/mol. The Morgan fingerprint density at radius 1 is 1.25 bits per heavy atom. The van der Waals surface area contributed by atoms with Gasteiger partial charge in [-0.3, -0.25) is 4.79 Å². The fourth-order valence-corrected chi connectivity index (χ4v) is 4.23. The highest BCUT2D eigenvalue weighted by molar-refractivity contribution is 6.34. The standard InChI is InChI=1S/C23H19ClN2O6/c1-30-20-9-19(32-26-20)22(28)21-15-7-14(16(24)8-17(15)25-23(21)29)11-2-4-12(5-3-11)18-6-13(27)10-31-18/h2-5,7-9,13,18,25,27,29H,6,10H2,1H3/t13-,18?/m0/s1. The van der Waals surface area contributed by atoms with Crippen LogP contribution in [0.25, 0.3) is 22.0 Å². The summed E-state index contributed by atoms with van der Waals surface area (Å²) in [5, 5.41) is 24.7. The van der Waals surface area contributed by atoms with Crippen LogP contribution in [0.4, 0.5) is 0 Å². The number of benzene rings is 2. The number of methoxy groups -OCH3 is 1. The van der Waals surface area contributed by atoms with Gasteiger partial charge in [-0.15, -0.1) is 0 Å². The molecule has 3 heterocycles. The quantitative estimate of drug-likeness (QED) is 0.386. The largest absolute Gasteiger partial charge is 0.494 e. The van der Waals surface area contributed by atoms with Gasteiger partial charge in [0.1, 0.15) is 0 Å². The minimum absolute atomic E-state index is 0.0571. The number of aromatic hydroxyl groups is 1. The van der Waals surface area contributed by atoms with Gasteiger partial charge in [0.15, 0.2) is 0 Å². The van der Waals surface area contributed by atoms with Gasteiger partial charge in [0.05, 0.1) is 48.1 Å². The van der Waals surface area contributed by atoms with Gasteiger partial charge in [0.2, 0.25) is 17.4 Å². The molecular weight excluding hydrogens is 436 g/mol. The first kappa shape index (κ1) is 20.6. The van der Waals surface area contributed by atoms with E-state index in [0.717, 1.165) is 11.1 Å². The van der Waals surface area contributed by atoms with Gasteiger partial charge in [0, 0.05) is 17.4 Å². The second-order valence-corrected chi connectivity index (χ2v) is 8.03. The van der Waals surface area contributed by atoms with Crippen LogP contribution in [-0.4, -0.2) is 46.0 Å². The summed E-state index contributed by atoms with van der Waals surface area (Å²) < 4.78 is 15.6. The first-order chi connectivity index (χ1) is 15.4. The van der Waals surface area contributed by atoms with Gasteiger partial charge in [-0.2, -0.15) is 0 Å². The Morgan fingerprint density at radius 2 is 2.03 bits per heavy atom. The highest BCUT2D eigenvalue weighted by atomic mass is 35.5. The van der Waals surface area contributed by atoms with Gasteiger partial charge >= 0.3 is 0 Å². The lowest BCUT2D eigenvalue weighted by Gasteiger charge is -2.11. The molecule has 164 valence electrons. The van der Waals surface area contributed by atoms with Crippen LogP contribution in [0.2, 0.25) is 5.02 Å². The predicted octanol–water partition coefficient (Wildman–Crippen LogP) is 4.24. The number of aliphatic hydroxyl groups excluding tert-OH is 1. The smallest absolute Gasteiger partial charge is 0.254 e. The molecule has 1 aliphatic heterocycles. The molecule has 1 aliphatic rings. The zero-order chi connectivity index (χ0) is 22.4. The SMILES string of the molecule is COc1cc(C(=O)c2c(O)[nH]c3cc(Cl)c(-c4ccc(C5C[C@H](O)CO5)cc4)cc23)on1. The molecular formula is C23H19ClN2O6. The number of nitrogens with zero attached hydrogens (tertiary/aromatic N) is 1. The van der Waals surface area contributed by atoms with E-state index in [0.29, 0.717) is 34.5 Å². The fourth-order valence-electron chi connectivity index (χ4n) is 3.96. The third-order valence-electron chi connectivity index (χ3n) is 5.58. The number of hydrogen-bond acceptors (Lipinski definition) is 7. The second-order valence-electron chi connectivity index (χ2n) is 7.62. The Labute approximate surface area is 187 Å². The first-order valence-corrected chi connectivity index (χ1v) is 10.3. The van der Waals surface area contributed by atoms with Crippen molar-refractivity contribution in [3.63, 3.8) is 0 Å². The molecule has 0 saturated carbocycles. The summed E-state index contributed by atoms with van der Waals surface area (Å²) in [6.45, 7) is 0.333. The first-order valence-electron chi connectivity index (χ1n) is 9.94. The summed E-state index contributed by atoms with van der Waals surface area (Å²) in [6, 6.07) is 12.4. The van der Waals surface area contributed by atoms with Crippen LogP contribution in [-0.2, 0) is 4.74 Å². The molecule has 2 aromatic carbocycles. The van der Waals surface area contributed by atoms with Crippen LogP contribution < -0.4 is 4.74 Å². The summed E-state index contributed by atoms with van der Waals surface area (Å²) in [4.78, 5) is 15.8. The minimum Gasteiger partial charge on any atom is -0.494 e. The van der Waals surface area contributed by atoms with Crippen molar-refractivity contribution in [2.24, 2.45) is 0 Å². The zero-order valence-corrected chi connectivity index (χ0v) is 17.7. The van der Waals surface area contributed by atoms with Crippen molar-refractivity contribution < 1.29 is 29.0 Å². The van der Waals surface area contributed by atoms with Crippen molar-refractivity contribution in [1.29, 1.82) is 0 Å². The molecule has 0 radical (unpaired) electrons. The maximum absolute atomic E-state index is 13.0. The average Bonchev–Trinajstić information content (AvgIpc) is 3.51. The number of nitrogens with one attached hydrogen (secondary N) is 1. The Bertz CT molecular complexity index is 1310. The molecule has 5 rings (SSSR count). The molecule has 2 atom stereocenters. The van der Waals surface area contributed by atoms with E-state index in [1.807, 2.05) is 24.3 Å².